The van der Waals surface area contributed by atoms with E-state index in [1.54, 1.807) is 22.3 Å². The van der Waals surface area contributed by atoms with Gasteiger partial charge < -0.3 is 24.8 Å². The molecule has 3 saturated carbocycles. The number of fused-ring (bicyclic) bond motifs is 3. The fraction of sp³-hybridized carbons (Fsp3) is 0.417. The fourth-order valence-corrected chi connectivity index (χ4v) is 35.8. The van der Waals surface area contributed by atoms with E-state index in [2.05, 4.69) is 109 Å². The molecule has 262 valence electrons. The molecule has 51 heavy (non-hydrogen) atoms. The van der Waals surface area contributed by atoms with Crippen LogP contribution in [0.2, 0.25) is 7.25 Å². The first-order valence-corrected chi connectivity index (χ1v) is 25.8. The Morgan fingerprint density at radius 1 is 0.392 bits per heavy atom. The molecule has 5 aliphatic carbocycles. The molecule has 4 unspecified atom stereocenters. The quantitative estimate of drug-likeness (QED) is 0.186. The zero-order valence-electron chi connectivity index (χ0n) is 30.0. The van der Waals surface area contributed by atoms with E-state index in [0.717, 1.165) is 26.3 Å². The molecule has 10 rings (SSSR count). The predicted molar refractivity (Wildman–Crippen MR) is 204 cm³/mol. The number of rotatable bonds is 6. The van der Waals surface area contributed by atoms with Crippen LogP contribution in [0.4, 0.5) is 0 Å². The van der Waals surface area contributed by atoms with Crippen LogP contribution in [-0.4, -0.2) is 0 Å². The number of allylic oxidation sites excluding steroid dienone is 2. The molecule has 3 heteroatoms. The van der Waals surface area contributed by atoms with Crippen LogP contribution >= 0.6 is 0 Å². The summed E-state index contributed by atoms with van der Waals surface area (Å²) in [6, 6.07) is 37.8. The molecule has 0 nitrogen and oxygen atoms in total. The van der Waals surface area contributed by atoms with E-state index in [0.29, 0.717) is 0 Å². The van der Waals surface area contributed by atoms with Crippen LogP contribution in [-0.2, 0) is 20.3 Å². The van der Waals surface area contributed by atoms with Crippen molar-refractivity contribution in [2.24, 2.45) is 11.8 Å². The first-order chi connectivity index (χ1) is 24.3. The van der Waals surface area contributed by atoms with Gasteiger partial charge in [0.25, 0.3) is 0 Å². The maximum Gasteiger partial charge on any atom is -1.00 e. The van der Waals surface area contributed by atoms with Gasteiger partial charge in [-0.1, -0.05) is 0 Å². The molecule has 4 atom stereocenters. The van der Waals surface area contributed by atoms with E-state index in [-0.39, 0.29) is 24.8 Å². The van der Waals surface area contributed by atoms with Crippen LogP contribution in [0.5, 0.6) is 0 Å². The minimum absolute atomic E-state index is 0. The van der Waals surface area contributed by atoms with Crippen LogP contribution in [0.25, 0.3) is 34.4 Å². The maximum absolute atomic E-state index is 3.11. The Morgan fingerprint density at radius 2 is 0.784 bits per heavy atom. The Labute approximate surface area is 323 Å². The van der Waals surface area contributed by atoms with Gasteiger partial charge >= 0.3 is 301 Å². The molecule has 1 heterocycles. The van der Waals surface area contributed by atoms with Crippen molar-refractivity contribution in [3.05, 3.63) is 130 Å². The second kappa shape index (κ2) is 14.9. The second-order valence-corrected chi connectivity index (χ2v) is 28.1. The second-order valence-electron chi connectivity index (χ2n) is 16.7. The van der Waals surface area contributed by atoms with Gasteiger partial charge in [-0.25, -0.2) is 0 Å². The molecule has 0 bridgehead atoms. The number of benzene rings is 4. The largest absolute Gasteiger partial charge is 1.00 e. The first kappa shape index (κ1) is 35.8. The first-order valence-electron chi connectivity index (χ1n) is 20.1. The van der Waals surface area contributed by atoms with Crippen molar-refractivity contribution in [3.8, 4) is 22.3 Å². The van der Waals surface area contributed by atoms with Crippen molar-refractivity contribution in [2.75, 3.05) is 0 Å². The molecule has 1 saturated heterocycles. The minimum Gasteiger partial charge on any atom is -1.00 e. The summed E-state index contributed by atoms with van der Waals surface area (Å²) in [5.41, 5.74) is 16.4. The molecule has 1 aliphatic heterocycles. The number of hydrogen-bond donors (Lipinski definition) is 0. The van der Waals surface area contributed by atoms with Gasteiger partial charge in [0.1, 0.15) is 0 Å². The van der Waals surface area contributed by atoms with Crippen molar-refractivity contribution in [2.45, 2.75) is 104 Å². The zero-order valence-corrected chi connectivity index (χ0v) is 34.0. The maximum atomic E-state index is 2.83. The Kier molecular flexibility index (Phi) is 10.5. The molecule has 4 fully saturated rings. The van der Waals surface area contributed by atoms with Gasteiger partial charge in [-0.15, -0.1) is 0 Å². The van der Waals surface area contributed by atoms with Gasteiger partial charge in [0.15, 0.2) is 0 Å². The van der Waals surface area contributed by atoms with Gasteiger partial charge in [0, 0.05) is 0 Å². The fourth-order valence-electron chi connectivity index (χ4n) is 12.5. The molecule has 6 aliphatic rings. The zero-order chi connectivity index (χ0) is 32.4. The van der Waals surface area contributed by atoms with E-state index in [9.17, 15) is 0 Å². The van der Waals surface area contributed by atoms with Crippen molar-refractivity contribution in [3.63, 3.8) is 0 Å². The van der Waals surface area contributed by atoms with Crippen molar-refractivity contribution in [1.82, 2.24) is 0 Å². The van der Waals surface area contributed by atoms with E-state index in [4.69, 9.17) is 0 Å². The summed E-state index contributed by atoms with van der Waals surface area (Å²) in [6.45, 7) is 0. The number of hydrogen-bond acceptors (Lipinski definition) is 0. The molecule has 0 radical (unpaired) electrons. The van der Waals surface area contributed by atoms with E-state index in [1.807, 2.05) is 11.1 Å². The molecule has 0 amide bonds. The third kappa shape index (κ3) is 5.87. The predicted octanol–water partition coefficient (Wildman–Crippen LogP) is 8.08. The van der Waals surface area contributed by atoms with E-state index in [1.165, 1.54) is 112 Å². The van der Waals surface area contributed by atoms with Gasteiger partial charge in [-0.3, -0.25) is 0 Å². The minimum atomic E-state index is -3.11. The Balaban J connectivity index is 0.00000187. The Morgan fingerprint density at radius 3 is 1.20 bits per heavy atom. The van der Waals surface area contributed by atoms with Gasteiger partial charge in [-0.2, -0.15) is 0 Å². The molecule has 4 aromatic carbocycles. The third-order valence-electron chi connectivity index (χ3n) is 14.5. The van der Waals surface area contributed by atoms with Gasteiger partial charge in [0.2, 0.25) is 0 Å². The average Bonchev–Trinajstić information content (AvgIpc) is 3.44. The smallest absolute Gasteiger partial charge is 1.00 e. The van der Waals surface area contributed by atoms with E-state index >= 15 is 0 Å². The molecule has 0 aromatic heterocycles. The molecule has 4 aromatic rings. The summed E-state index contributed by atoms with van der Waals surface area (Å²) >= 11 is -3.11. The number of halogens is 2. The van der Waals surface area contributed by atoms with Crippen LogP contribution in [0.3, 0.4) is 0 Å². The monoisotopic (exact) mass is 788 g/mol. The van der Waals surface area contributed by atoms with Gasteiger partial charge in [-0.05, 0) is 0 Å². The Bertz CT molecular complexity index is 1770. The SMILES string of the molecule is C1=C(C2CCCCC2)[CH]([Zr+2]2([CH]3C(C4CCCCC4)=Cc4c(-c5ccccc5)cccc43)[CH]3CCCC[CH]32)c2cccc(-c3ccccc3)c21.[Cl-].[Cl-]. The topological polar surface area (TPSA) is 0 Å². The van der Waals surface area contributed by atoms with Crippen molar-refractivity contribution < 1.29 is 45.1 Å². The summed E-state index contributed by atoms with van der Waals surface area (Å²) in [4.78, 5) is 0. The normalized spacial score (nSPS) is 27.1. The summed E-state index contributed by atoms with van der Waals surface area (Å²) in [5.74, 6) is 1.56. The molecule has 0 spiro atoms. The van der Waals surface area contributed by atoms with Crippen LogP contribution in [0.1, 0.15) is 119 Å². The summed E-state index contributed by atoms with van der Waals surface area (Å²) in [5, 5.41) is 0. The van der Waals surface area contributed by atoms with Crippen LogP contribution < -0.4 is 24.8 Å². The summed E-state index contributed by atoms with van der Waals surface area (Å²) in [6.07, 6.45) is 25.9. The Hall–Kier alpha value is -2.18. The standard InChI is InChI=1S/2C21H21.C6H10.2ClH.Zr/c2*1-3-8-16(9-4-1)19-14-18-12-7-13-20(21(18)15-19)17-10-5-2-6-11-17;1-2-4-6-5-3-1;;;/h2*2,5-7,10-16H,1,3-4,8-9H2;1-2H,3-6H2;2*1H;/q;;;;;+2/p-2. The van der Waals surface area contributed by atoms with E-state index < -0.39 is 20.3 Å². The van der Waals surface area contributed by atoms with Crippen LogP contribution in [0.15, 0.2) is 108 Å². The average molecular weight is 791 g/mol. The van der Waals surface area contributed by atoms with Crippen molar-refractivity contribution >= 4 is 12.2 Å². The van der Waals surface area contributed by atoms with Crippen molar-refractivity contribution in [1.29, 1.82) is 0 Å². The molecular formula is C48H52Cl2Zr. The van der Waals surface area contributed by atoms with Crippen LogP contribution in [0, 0.1) is 11.8 Å². The third-order valence-corrected chi connectivity index (χ3v) is 31.3. The molecule has 0 N–H and O–H groups in total. The summed E-state index contributed by atoms with van der Waals surface area (Å²) in [7, 11) is 0. The summed E-state index contributed by atoms with van der Waals surface area (Å²) < 4.78 is 3.56. The molecular weight excluding hydrogens is 739 g/mol. The van der Waals surface area contributed by atoms with Gasteiger partial charge in [0.05, 0.1) is 0 Å².